The highest BCUT2D eigenvalue weighted by molar-refractivity contribution is 7.26. The summed E-state index contributed by atoms with van der Waals surface area (Å²) in [7, 11) is 0. The highest BCUT2D eigenvalue weighted by Gasteiger charge is 2.08. The minimum absolute atomic E-state index is 1.32. The van der Waals surface area contributed by atoms with E-state index in [0.717, 1.165) is 0 Å². The smallest absolute Gasteiger partial charge is 0.0361 e. The van der Waals surface area contributed by atoms with Crippen LogP contribution in [0.4, 0.5) is 0 Å². The lowest BCUT2D eigenvalue weighted by atomic mass is 10.0. The largest absolute Gasteiger partial charge is 0.135 e. The molecule has 5 aromatic rings. The molecule has 0 amide bonds. The molecule has 0 saturated carbocycles. The van der Waals surface area contributed by atoms with E-state index < -0.39 is 0 Å². The van der Waals surface area contributed by atoms with Gasteiger partial charge in [-0.15, -0.1) is 11.3 Å². The minimum atomic E-state index is 1.32. The Morgan fingerprint density at radius 1 is 0.522 bits per heavy atom. The molecule has 0 aliphatic heterocycles. The lowest BCUT2D eigenvalue weighted by molar-refractivity contribution is 1.51. The molecule has 110 valence electrons. The third-order valence-electron chi connectivity index (χ3n) is 4.70. The van der Waals surface area contributed by atoms with Gasteiger partial charge in [-0.25, -0.2) is 0 Å². The first kappa shape index (κ1) is 13.1. The van der Waals surface area contributed by atoms with E-state index in [0.29, 0.717) is 0 Å². The van der Waals surface area contributed by atoms with Crippen LogP contribution < -0.4 is 0 Å². The predicted molar refractivity (Wildman–Crippen MR) is 104 cm³/mol. The fourth-order valence-electron chi connectivity index (χ4n) is 3.50. The zero-order valence-electron chi connectivity index (χ0n) is 13.2. The number of fused-ring (bicyclic) bond motifs is 5. The van der Waals surface area contributed by atoms with E-state index in [2.05, 4.69) is 74.5 Å². The Morgan fingerprint density at radius 2 is 1.00 bits per heavy atom. The second-order valence-electron chi connectivity index (χ2n) is 6.50. The van der Waals surface area contributed by atoms with Gasteiger partial charge >= 0.3 is 0 Å². The van der Waals surface area contributed by atoms with Crippen LogP contribution in [0.3, 0.4) is 0 Å². The monoisotopic (exact) mass is 312 g/mol. The summed E-state index contributed by atoms with van der Waals surface area (Å²) in [6.07, 6.45) is 0. The SMILES string of the molecule is Cc1ccc2cc3sc4cc5ccc(C)cc5cc4c3cc2c1. The molecule has 0 bridgehead atoms. The normalized spacial score (nSPS) is 11.9. The van der Waals surface area contributed by atoms with Crippen molar-refractivity contribution < 1.29 is 0 Å². The van der Waals surface area contributed by atoms with Crippen LogP contribution in [0.25, 0.3) is 41.7 Å². The second-order valence-corrected chi connectivity index (χ2v) is 7.58. The molecular formula is C22H16S. The van der Waals surface area contributed by atoms with Gasteiger partial charge in [0.05, 0.1) is 0 Å². The number of aryl methyl sites for hydroxylation is 2. The number of hydrogen-bond donors (Lipinski definition) is 0. The molecule has 0 nitrogen and oxygen atoms in total. The van der Waals surface area contributed by atoms with E-state index in [1.54, 1.807) is 0 Å². The molecule has 0 spiro atoms. The van der Waals surface area contributed by atoms with Crippen LogP contribution >= 0.6 is 11.3 Å². The summed E-state index contributed by atoms with van der Waals surface area (Å²) in [5, 5.41) is 8.09. The summed E-state index contributed by atoms with van der Waals surface area (Å²) in [6.45, 7) is 4.32. The molecule has 1 aromatic heterocycles. The summed E-state index contributed by atoms with van der Waals surface area (Å²) in [5.74, 6) is 0. The van der Waals surface area contributed by atoms with Gasteiger partial charge in [-0.1, -0.05) is 47.5 Å². The lowest BCUT2D eigenvalue weighted by Gasteiger charge is -2.02. The van der Waals surface area contributed by atoms with E-state index >= 15 is 0 Å². The Morgan fingerprint density at radius 3 is 1.48 bits per heavy atom. The van der Waals surface area contributed by atoms with Gasteiger partial charge in [0.25, 0.3) is 0 Å². The summed E-state index contributed by atoms with van der Waals surface area (Å²) < 4.78 is 2.76. The zero-order valence-corrected chi connectivity index (χ0v) is 14.0. The molecular weight excluding hydrogens is 296 g/mol. The van der Waals surface area contributed by atoms with E-state index in [1.165, 1.54) is 52.8 Å². The van der Waals surface area contributed by atoms with Gasteiger partial charge in [0.1, 0.15) is 0 Å². The first-order chi connectivity index (χ1) is 11.2. The van der Waals surface area contributed by atoms with Crippen LogP contribution in [0, 0.1) is 13.8 Å². The molecule has 0 atom stereocenters. The predicted octanol–water partition coefficient (Wildman–Crippen LogP) is 6.98. The van der Waals surface area contributed by atoms with Gasteiger partial charge in [0.2, 0.25) is 0 Å². The Balaban J connectivity index is 1.95. The molecule has 4 aromatic carbocycles. The molecule has 0 saturated heterocycles. The summed E-state index contributed by atoms with van der Waals surface area (Å²) in [4.78, 5) is 0. The minimum Gasteiger partial charge on any atom is -0.135 e. The molecule has 0 N–H and O–H groups in total. The maximum absolute atomic E-state index is 2.36. The first-order valence-corrected chi connectivity index (χ1v) is 8.76. The fraction of sp³-hybridized carbons (Fsp3) is 0.0909. The van der Waals surface area contributed by atoms with Crippen LogP contribution in [-0.2, 0) is 0 Å². The molecule has 1 heterocycles. The maximum atomic E-state index is 2.36. The van der Waals surface area contributed by atoms with Crippen LogP contribution in [0.5, 0.6) is 0 Å². The van der Waals surface area contributed by atoms with Gasteiger partial charge in [0, 0.05) is 20.2 Å². The highest BCUT2D eigenvalue weighted by atomic mass is 32.1. The van der Waals surface area contributed by atoms with Crippen LogP contribution in [-0.4, -0.2) is 0 Å². The Kier molecular flexibility index (Phi) is 2.60. The zero-order chi connectivity index (χ0) is 15.6. The van der Waals surface area contributed by atoms with Gasteiger partial charge < -0.3 is 0 Å². The number of benzene rings is 4. The van der Waals surface area contributed by atoms with Crippen molar-refractivity contribution in [3.63, 3.8) is 0 Å². The summed E-state index contributed by atoms with van der Waals surface area (Å²) in [5.41, 5.74) is 2.63. The average molecular weight is 312 g/mol. The van der Waals surface area contributed by atoms with Gasteiger partial charge in [-0.2, -0.15) is 0 Å². The van der Waals surface area contributed by atoms with Crippen LogP contribution in [0.2, 0.25) is 0 Å². The van der Waals surface area contributed by atoms with Crippen molar-refractivity contribution >= 4 is 53.1 Å². The average Bonchev–Trinajstić information content (AvgIpc) is 2.87. The fourth-order valence-corrected chi connectivity index (χ4v) is 4.67. The van der Waals surface area contributed by atoms with Crippen molar-refractivity contribution in [2.45, 2.75) is 13.8 Å². The molecule has 0 aliphatic rings. The highest BCUT2D eigenvalue weighted by Crippen LogP contribution is 2.38. The number of hydrogen-bond acceptors (Lipinski definition) is 1. The maximum Gasteiger partial charge on any atom is 0.0361 e. The number of rotatable bonds is 0. The third kappa shape index (κ3) is 1.97. The van der Waals surface area contributed by atoms with Crippen molar-refractivity contribution in [3.05, 3.63) is 71.8 Å². The van der Waals surface area contributed by atoms with Crippen molar-refractivity contribution in [2.24, 2.45) is 0 Å². The van der Waals surface area contributed by atoms with Crippen molar-refractivity contribution in [1.82, 2.24) is 0 Å². The van der Waals surface area contributed by atoms with E-state index in [9.17, 15) is 0 Å². The first-order valence-electron chi connectivity index (χ1n) is 7.94. The quantitative estimate of drug-likeness (QED) is 0.289. The molecule has 0 fully saturated rings. The molecule has 1 heteroatoms. The Labute approximate surface area is 139 Å². The molecule has 0 aliphatic carbocycles. The lowest BCUT2D eigenvalue weighted by Crippen LogP contribution is -1.77. The Hall–Kier alpha value is -2.38. The van der Waals surface area contributed by atoms with Gasteiger partial charge in [-0.05, 0) is 59.7 Å². The van der Waals surface area contributed by atoms with Crippen molar-refractivity contribution in [1.29, 1.82) is 0 Å². The van der Waals surface area contributed by atoms with Crippen LogP contribution in [0.1, 0.15) is 11.1 Å². The van der Waals surface area contributed by atoms with Crippen molar-refractivity contribution in [3.8, 4) is 0 Å². The standard InChI is InChI=1S/C22H16S/c1-13-3-5-15-11-21-19(9-17(15)7-13)20-10-18-8-14(2)4-6-16(18)12-22(20)23-21/h3-12H,1-2H3. The topological polar surface area (TPSA) is 0 Å². The molecule has 23 heavy (non-hydrogen) atoms. The summed E-state index contributed by atoms with van der Waals surface area (Å²) in [6, 6.07) is 22.8. The second kappa shape index (κ2) is 4.56. The van der Waals surface area contributed by atoms with E-state index in [4.69, 9.17) is 0 Å². The van der Waals surface area contributed by atoms with Crippen LogP contribution in [0.15, 0.2) is 60.7 Å². The molecule has 0 radical (unpaired) electrons. The molecule has 5 rings (SSSR count). The molecule has 0 unspecified atom stereocenters. The van der Waals surface area contributed by atoms with Gasteiger partial charge in [-0.3, -0.25) is 0 Å². The van der Waals surface area contributed by atoms with Gasteiger partial charge in [0.15, 0.2) is 0 Å². The summed E-state index contributed by atoms with van der Waals surface area (Å²) >= 11 is 1.90. The van der Waals surface area contributed by atoms with Crippen molar-refractivity contribution in [2.75, 3.05) is 0 Å². The Bertz CT molecular complexity index is 1130. The van der Waals surface area contributed by atoms with E-state index in [-0.39, 0.29) is 0 Å². The third-order valence-corrected chi connectivity index (χ3v) is 5.81. The van der Waals surface area contributed by atoms with E-state index in [1.807, 2.05) is 11.3 Å². The number of thiophene rings is 1.